The van der Waals surface area contributed by atoms with Crippen LogP contribution in [0.25, 0.3) is 0 Å². The monoisotopic (exact) mass is 303 g/mol. The Bertz CT molecular complexity index is 528. The van der Waals surface area contributed by atoms with Crippen molar-refractivity contribution in [2.75, 3.05) is 6.54 Å². The molecule has 1 amide bonds. The number of hydrogen-bond acceptors (Lipinski definition) is 2. The van der Waals surface area contributed by atoms with Crippen LogP contribution in [0.2, 0.25) is 0 Å². The maximum atomic E-state index is 12.7. The molecule has 2 N–H and O–H groups in total. The average Bonchev–Trinajstić information content (AvgIpc) is 2.97. The zero-order valence-corrected chi connectivity index (χ0v) is 13.4. The van der Waals surface area contributed by atoms with E-state index >= 15 is 0 Å². The highest BCUT2D eigenvalue weighted by Crippen LogP contribution is 2.41. The second-order valence-corrected chi connectivity index (χ2v) is 6.47. The molecule has 0 spiro atoms. The molecule has 0 aliphatic heterocycles. The second-order valence-electron chi connectivity index (χ2n) is 6.47. The van der Waals surface area contributed by atoms with E-state index in [4.69, 9.17) is 5.11 Å². The summed E-state index contributed by atoms with van der Waals surface area (Å²) in [6.07, 6.45) is 3.73. The van der Waals surface area contributed by atoms with Gasteiger partial charge in [0.1, 0.15) is 0 Å². The maximum absolute atomic E-state index is 12.7. The van der Waals surface area contributed by atoms with Gasteiger partial charge in [-0.25, -0.2) is 0 Å². The quantitative estimate of drug-likeness (QED) is 0.848. The summed E-state index contributed by atoms with van der Waals surface area (Å²) in [5.41, 5.74) is 1.85. The Morgan fingerprint density at radius 2 is 1.77 bits per heavy atom. The lowest BCUT2D eigenvalue weighted by Gasteiger charge is -2.28. The van der Waals surface area contributed by atoms with Gasteiger partial charge in [-0.15, -0.1) is 0 Å². The molecule has 1 aromatic rings. The van der Waals surface area contributed by atoms with Gasteiger partial charge in [0.25, 0.3) is 0 Å². The van der Waals surface area contributed by atoms with Crippen LogP contribution in [0.3, 0.4) is 0 Å². The van der Waals surface area contributed by atoms with Gasteiger partial charge in [0, 0.05) is 6.54 Å². The number of carbonyl (C=O) groups excluding carboxylic acids is 1. The molecule has 0 aromatic heterocycles. The zero-order chi connectivity index (χ0) is 16.2. The smallest absolute Gasteiger partial charge is 0.305 e. The Labute approximate surface area is 131 Å². The molecule has 120 valence electrons. The third kappa shape index (κ3) is 3.49. The van der Waals surface area contributed by atoms with E-state index in [9.17, 15) is 9.59 Å². The average molecular weight is 303 g/mol. The summed E-state index contributed by atoms with van der Waals surface area (Å²) in [5.74, 6) is -0.441. The van der Waals surface area contributed by atoms with Crippen molar-refractivity contribution in [1.82, 2.24) is 5.32 Å². The number of nitrogens with one attached hydrogen (secondary N) is 1. The molecule has 0 heterocycles. The van der Waals surface area contributed by atoms with Crippen molar-refractivity contribution >= 4 is 11.9 Å². The Balaban J connectivity index is 2.17. The number of hydrogen-bond donors (Lipinski definition) is 2. The SMILES string of the molecule is CC(C)c1ccc(C2(C(=O)NCCC(=O)O)CCCC2)cc1. The van der Waals surface area contributed by atoms with E-state index in [1.54, 1.807) is 0 Å². The number of aliphatic carboxylic acids is 1. The maximum Gasteiger partial charge on any atom is 0.305 e. The summed E-state index contributed by atoms with van der Waals surface area (Å²) in [6, 6.07) is 8.34. The molecule has 2 rings (SSSR count). The predicted molar refractivity (Wildman–Crippen MR) is 85.9 cm³/mol. The van der Waals surface area contributed by atoms with Crippen molar-refractivity contribution in [3.63, 3.8) is 0 Å². The molecule has 4 nitrogen and oxygen atoms in total. The number of carbonyl (C=O) groups is 2. The molecular weight excluding hydrogens is 278 g/mol. The molecule has 1 saturated carbocycles. The molecular formula is C18H25NO3. The van der Waals surface area contributed by atoms with Crippen molar-refractivity contribution < 1.29 is 14.7 Å². The van der Waals surface area contributed by atoms with Crippen molar-refractivity contribution in [2.45, 2.75) is 57.3 Å². The molecule has 22 heavy (non-hydrogen) atoms. The summed E-state index contributed by atoms with van der Waals surface area (Å²) < 4.78 is 0. The van der Waals surface area contributed by atoms with E-state index in [2.05, 4.69) is 43.4 Å². The lowest BCUT2D eigenvalue weighted by Crippen LogP contribution is -2.43. The lowest BCUT2D eigenvalue weighted by atomic mass is 9.77. The van der Waals surface area contributed by atoms with E-state index in [0.29, 0.717) is 5.92 Å². The minimum absolute atomic E-state index is 0.0245. The normalized spacial score (nSPS) is 16.7. The number of rotatable bonds is 6. The fourth-order valence-electron chi connectivity index (χ4n) is 3.26. The van der Waals surface area contributed by atoms with Crippen LogP contribution < -0.4 is 5.32 Å². The van der Waals surface area contributed by atoms with Crippen molar-refractivity contribution in [2.24, 2.45) is 0 Å². The van der Waals surface area contributed by atoms with Crippen LogP contribution in [0.15, 0.2) is 24.3 Å². The largest absolute Gasteiger partial charge is 0.481 e. The van der Waals surface area contributed by atoms with Gasteiger partial charge in [-0.2, -0.15) is 0 Å². The molecule has 1 aliphatic carbocycles. The van der Waals surface area contributed by atoms with Gasteiger partial charge < -0.3 is 10.4 Å². The minimum atomic E-state index is -0.887. The van der Waals surface area contributed by atoms with Crippen LogP contribution in [-0.4, -0.2) is 23.5 Å². The van der Waals surface area contributed by atoms with E-state index in [1.807, 2.05) is 0 Å². The molecule has 4 heteroatoms. The van der Waals surface area contributed by atoms with Crippen molar-refractivity contribution in [3.8, 4) is 0 Å². The Morgan fingerprint density at radius 1 is 1.18 bits per heavy atom. The summed E-state index contributed by atoms with van der Waals surface area (Å²) in [6.45, 7) is 4.50. The highest BCUT2D eigenvalue weighted by molar-refractivity contribution is 5.88. The molecule has 0 atom stereocenters. The molecule has 0 radical (unpaired) electrons. The van der Waals surface area contributed by atoms with Crippen LogP contribution in [-0.2, 0) is 15.0 Å². The zero-order valence-electron chi connectivity index (χ0n) is 13.4. The van der Waals surface area contributed by atoms with Crippen LogP contribution in [0.5, 0.6) is 0 Å². The van der Waals surface area contributed by atoms with Crippen LogP contribution >= 0.6 is 0 Å². The van der Waals surface area contributed by atoms with E-state index < -0.39 is 11.4 Å². The van der Waals surface area contributed by atoms with Gasteiger partial charge in [-0.1, -0.05) is 51.0 Å². The van der Waals surface area contributed by atoms with E-state index in [0.717, 1.165) is 31.2 Å². The first kappa shape index (κ1) is 16.5. The highest BCUT2D eigenvalue weighted by atomic mass is 16.4. The number of amides is 1. The van der Waals surface area contributed by atoms with Crippen molar-refractivity contribution in [1.29, 1.82) is 0 Å². The molecule has 1 aliphatic rings. The summed E-state index contributed by atoms with van der Waals surface area (Å²) in [4.78, 5) is 23.3. The number of benzene rings is 1. The van der Waals surface area contributed by atoms with Crippen LogP contribution in [0.4, 0.5) is 0 Å². The van der Waals surface area contributed by atoms with Gasteiger partial charge in [0.15, 0.2) is 0 Å². The fourth-order valence-corrected chi connectivity index (χ4v) is 3.26. The summed E-state index contributed by atoms with van der Waals surface area (Å²) >= 11 is 0. The standard InChI is InChI=1S/C18H25NO3/c1-13(2)14-5-7-15(8-6-14)18(10-3-4-11-18)17(22)19-12-9-16(20)21/h5-8,13H,3-4,9-12H2,1-2H3,(H,19,22)(H,20,21). The molecule has 0 saturated heterocycles. The van der Waals surface area contributed by atoms with Crippen LogP contribution in [0.1, 0.15) is 63.0 Å². The van der Waals surface area contributed by atoms with Gasteiger partial charge in [-0.3, -0.25) is 9.59 Å². The molecule has 1 aromatic carbocycles. The number of carboxylic acids is 1. The first-order valence-electron chi connectivity index (χ1n) is 8.06. The highest BCUT2D eigenvalue weighted by Gasteiger charge is 2.42. The Hall–Kier alpha value is -1.84. The van der Waals surface area contributed by atoms with E-state index in [-0.39, 0.29) is 18.9 Å². The predicted octanol–water partition coefficient (Wildman–Crippen LogP) is 3.21. The second kappa shape index (κ2) is 6.95. The third-order valence-corrected chi connectivity index (χ3v) is 4.65. The summed E-state index contributed by atoms with van der Waals surface area (Å²) in [7, 11) is 0. The van der Waals surface area contributed by atoms with Crippen LogP contribution in [0, 0.1) is 0 Å². The summed E-state index contributed by atoms with van der Waals surface area (Å²) in [5, 5.41) is 11.5. The lowest BCUT2D eigenvalue weighted by molar-refractivity contribution is -0.137. The first-order valence-corrected chi connectivity index (χ1v) is 8.06. The Morgan fingerprint density at radius 3 is 2.27 bits per heavy atom. The molecule has 0 unspecified atom stereocenters. The molecule has 1 fully saturated rings. The van der Waals surface area contributed by atoms with E-state index in [1.165, 1.54) is 5.56 Å². The van der Waals surface area contributed by atoms with Gasteiger partial charge in [0.05, 0.1) is 11.8 Å². The van der Waals surface area contributed by atoms with Gasteiger partial charge in [-0.05, 0) is 29.9 Å². The van der Waals surface area contributed by atoms with Gasteiger partial charge in [0.2, 0.25) is 5.91 Å². The number of carboxylic acid groups (broad SMARTS) is 1. The fraction of sp³-hybridized carbons (Fsp3) is 0.556. The topological polar surface area (TPSA) is 66.4 Å². The Kier molecular flexibility index (Phi) is 5.22. The first-order chi connectivity index (χ1) is 10.5. The molecule has 0 bridgehead atoms. The van der Waals surface area contributed by atoms with Gasteiger partial charge >= 0.3 is 5.97 Å². The third-order valence-electron chi connectivity index (χ3n) is 4.65. The minimum Gasteiger partial charge on any atom is -0.481 e. The van der Waals surface area contributed by atoms with Crippen molar-refractivity contribution in [3.05, 3.63) is 35.4 Å².